The second-order valence-corrected chi connectivity index (χ2v) is 5.00. The number of likely N-dealkylation sites (tertiary alicyclic amines) is 1. The molecule has 0 spiro atoms. The van der Waals surface area contributed by atoms with Crippen molar-refractivity contribution in [3.05, 3.63) is 22.4 Å². The molecule has 1 aromatic rings. The zero-order valence-electron chi connectivity index (χ0n) is 9.70. The van der Waals surface area contributed by atoms with E-state index in [2.05, 4.69) is 26.2 Å². The Labute approximate surface area is 112 Å². The number of rotatable bonds is 2. The number of carbonyl (C=O) groups excluding carboxylic acids is 3. The molecule has 3 amide bonds. The van der Waals surface area contributed by atoms with Crippen LogP contribution in [0.25, 0.3) is 0 Å². The first-order valence-corrected chi connectivity index (χ1v) is 6.23. The molecule has 1 aliphatic rings. The van der Waals surface area contributed by atoms with Crippen molar-refractivity contribution in [1.29, 1.82) is 0 Å². The maximum atomic E-state index is 11.8. The molecule has 1 atom stereocenters. The Morgan fingerprint density at radius 2 is 2.28 bits per heavy atom. The van der Waals surface area contributed by atoms with Crippen molar-refractivity contribution in [3.63, 3.8) is 0 Å². The highest BCUT2D eigenvalue weighted by Crippen LogP contribution is 2.14. The monoisotopic (exact) mass is 313 g/mol. The number of aromatic nitrogens is 1. The lowest BCUT2D eigenvalue weighted by Gasteiger charge is -2.27. The van der Waals surface area contributed by atoms with Crippen LogP contribution in [0, 0.1) is 0 Å². The lowest BCUT2D eigenvalue weighted by molar-refractivity contribution is -0.147. The second-order valence-electron chi connectivity index (χ2n) is 4.09. The summed E-state index contributed by atoms with van der Waals surface area (Å²) in [6.45, 7) is 0. The summed E-state index contributed by atoms with van der Waals surface area (Å²) in [4.78, 5) is 38.7. The van der Waals surface area contributed by atoms with Gasteiger partial charge >= 0.3 is 0 Å². The van der Waals surface area contributed by atoms with Crippen LogP contribution in [-0.4, -0.2) is 40.7 Å². The summed E-state index contributed by atoms with van der Waals surface area (Å²) in [5, 5.41) is 2.61. The fourth-order valence-corrected chi connectivity index (χ4v) is 2.13. The largest absolute Gasteiger partial charge is 0.356 e. The molecular formula is C11H12BrN3O3. The molecule has 1 unspecified atom stereocenters. The van der Waals surface area contributed by atoms with Crippen molar-refractivity contribution >= 4 is 33.7 Å². The molecule has 2 N–H and O–H groups in total. The van der Waals surface area contributed by atoms with Gasteiger partial charge in [-0.05, 0) is 28.4 Å². The molecule has 2 heterocycles. The molecule has 0 bridgehead atoms. The van der Waals surface area contributed by atoms with E-state index in [1.54, 1.807) is 12.3 Å². The molecule has 7 heteroatoms. The molecule has 1 aliphatic heterocycles. The van der Waals surface area contributed by atoms with Gasteiger partial charge in [-0.3, -0.25) is 19.3 Å². The minimum absolute atomic E-state index is 0.215. The van der Waals surface area contributed by atoms with Gasteiger partial charge in [0.05, 0.1) is 0 Å². The van der Waals surface area contributed by atoms with Crippen LogP contribution in [0.2, 0.25) is 0 Å². The molecular weight excluding hydrogens is 302 g/mol. The molecule has 96 valence electrons. The van der Waals surface area contributed by atoms with Gasteiger partial charge in [0.2, 0.25) is 5.91 Å². The number of piperidine rings is 1. The smallest absolute Gasteiger partial charge is 0.268 e. The number of amides is 3. The van der Waals surface area contributed by atoms with E-state index < -0.39 is 6.04 Å². The van der Waals surface area contributed by atoms with Gasteiger partial charge in [-0.25, -0.2) is 0 Å². The van der Waals surface area contributed by atoms with E-state index in [4.69, 9.17) is 0 Å². The number of aromatic amines is 1. The van der Waals surface area contributed by atoms with Gasteiger partial charge in [-0.1, -0.05) is 0 Å². The average molecular weight is 314 g/mol. The fraction of sp³-hybridized carbons (Fsp3) is 0.364. The maximum absolute atomic E-state index is 11.8. The first kappa shape index (κ1) is 12.8. The summed E-state index contributed by atoms with van der Waals surface area (Å²) in [5.41, 5.74) is 0.370. The third-order valence-electron chi connectivity index (χ3n) is 2.85. The van der Waals surface area contributed by atoms with E-state index in [0.717, 1.165) is 9.37 Å². The van der Waals surface area contributed by atoms with Gasteiger partial charge in [0, 0.05) is 24.1 Å². The van der Waals surface area contributed by atoms with E-state index in [0.29, 0.717) is 12.1 Å². The van der Waals surface area contributed by atoms with Crippen LogP contribution < -0.4 is 5.32 Å². The van der Waals surface area contributed by atoms with Gasteiger partial charge in [0.15, 0.2) is 0 Å². The van der Waals surface area contributed by atoms with Crippen molar-refractivity contribution in [3.8, 4) is 0 Å². The highest BCUT2D eigenvalue weighted by Gasteiger charge is 2.32. The van der Waals surface area contributed by atoms with E-state index in [9.17, 15) is 14.4 Å². The normalized spacial score (nSPS) is 20.1. The van der Waals surface area contributed by atoms with Crippen LogP contribution in [0.5, 0.6) is 0 Å². The minimum Gasteiger partial charge on any atom is -0.356 e. The van der Waals surface area contributed by atoms with Gasteiger partial charge in [0.1, 0.15) is 11.7 Å². The highest BCUT2D eigenvalue weighted by molar-refractivity contribution is 9.10. The van der Waals surface area contributed by atoms with E-state index in [1.807, 2.05) is 0 Å². The summed E-state index contributed by atoms with van der Waals surface area (Å²) in [7, 11) is 1.42. The van der Waals surface area contributed by atoms with Crippen molar-refractivity contribution in [1.82, 2.24) is 15.2 Å². The molecule has 0 radical (unpaired) electrons. The van der Waals surface area contributed by atoms with Crippen molar-refractivity contribution in [2.75, 3.05) is 7.05 Å². The van der Waals surface area contributed by atoms with Crippen molar-refractivity contribution in [2.45, 2.75) is 18.9 Å². The number of likely N-dealkylation sites (N-methyl/N-ethyl adjacent to an activating group) is 1. The van der Waals surface area contributed by atoms with E-state index in [1.165, 1.54) is 7.05 Å². The quantitative estimate of drug-likeness (QED) is 0.787. The molecule has 0 aliphatic carbocycles. The molecule has 0 aromatic carbocycles. The summed E-state index contributed by atoms with van der Waals surface area (Å²) < 4.78 is 0.759. The Kier molecular flexibility index (Phi) is 3.51. The lowest BCUT2D eigenvalue weighted by Crippen LogP contribution is -2.52. The Morgan fingerprint density at radius 3 is 2.89 bits per heavy atom. The Morgan fingerprint density at radius 1 is 1.56 bits per heavy atom. The summed E-state index contributed by atoms with van der Waals surface area (Å²) in [6, 6.07) is 0.986. The standard InChI is InChI=1S/C11H12BrN3O3/c1-15-9(16)3-2-7(11(15)18)14-10(17)8-4-6(12)5-13-8/h4-5,7,13H,2-3H2,1H3,(H,14,17). The number of H-pyrrole nitrogens is 1. The second kappa shape index (κ2) is 4.93. The summed E-state index contributed by atoms with van der Waals surface area (Å²) >= 11 is 3.22. The minimum atomic E-state index is -0.637. The van der Waals surface area contributed by atoms with Crippen LogP contribution >= 0.6 is 15.9 Å². The molecule has 2 rings (SSSR count). The molecule has 1 saturated heterocycles. The van der Waals surface area contributed by atoms with Crippen molar-refractivity contribution < 1.29 is 14.4 Å². The molecule has 1 aromatic heterocycles. The number of nitrogens with one attached hydrogen (secondary N) is 2. The number of halogens is 1. The highest BCUT2D eigenvalue weighted by atomic mass is 79.9. The van der Waals surface area contributed by atoms with Crippen LogP contribution in [0.15, 0.2) is 16.7 Å². The zero-order chi connectivity index (χ0) is 13.3. The third-order valence-corrected chi connectivity index (χ3v) is 3.31. The van der Waals surface area contributed by atoms with E-state index in [-0.39, 0.29) is 24.1 Å². The molecule has 1 fully saturated rings. The van der Waals surface area contributed by atoms with Crippen LogP contribution in [-0.2, 0) is 9.59 Å². The predicted molar refractivity (Wildman–Crippen MR) is 66.8 cm³/mol. The van der Waals surface area contributed by atoms with Crippen LogP contribution in [0.1, 0.15) is 23.3 Å². The van der Waals surface area contributed by atoms with Gasteiger partial charge in [-0.15, -0.1) is 0 Å². The number of nitrogens with zero attached hydrogens (tertiary/aromatic N) is 1. The number of hydrogen-bond acceptors (Lipinski definition) is 3. The third kappa shape index (κ3) is 2.45. The lowest BCUT2D eigenvalue weighted by atomic mass is 10.0. The average Bonchev–Trinajstić information content (AvgIpc) is 2.77. The topological polar surface area (TPSA) is 82.3 Å². The maximum Gasteiger partial charge on any atom is 0.268 e. The summed E-state index contributed by atoms with van der Waals surface area (Å²) in [6.07, 6.45) is 2.24. The first-order chi connectivity index (χ1) is 8.49. The molecule has 6 nitrogen and oxygen atoms in total. The van der Waals surface area contributed by atoms with Crippen LogP contribution in [0.3, 0.4) is 0 Å². The first-order valence-electron chi connectivity index (χ1n) is 5.44. The van der Waals surface area contributed by atoms with Gasteiger partial charge < -0.3 is 10.3 Å². The molecule has 0 saturated carbocycles. The predicted octanol–water partition coefficient (Wildman–Crippen LogP) is 0.654. The van der Waals surface area contributed by atoms with Crippen molar-refractivity contribution in [2.24, 2.45) is 0 Å². The zero-order valence-corrected chi connectivity index (χ0v) is 11.3. The van der Waals surface area contributed by atoms with Gasteiger partial charge in [-0.2, -0.15) is 0 Å². The SMILES string of the molecule is CN1C(=O)CCC(NC(=O)c2cc(Br)c[nH]2)C1=O. The Hall–Kier alpha value is -1.63. The number of imide groups is 1. The van der Waals surface area contributed by atoms with E-state index >= 15 is 0 Å². The number of hydrogen-bond donors (Lipinski definition) is 2. The van der Waals surface area contributed by atoms with Gasteiger partial charge in [0.25, 0.3) is 11.8 Å². The van der Waals surface area contributed by atoms with Crippen LogP contribution in [0.4, 0.5) is 0 Å². The Balaban J connectivity index is 2.04. The summed E-state index contributed by atoms with van der Waals surface area (Å²) in [5.74, 6) is -0.944. The fourth-order valence-electron chi connectivity index (χ4n) is 1.78. The Bertz CT molecular complexity index is 511. The number of carbonyl (C=O) groups is 3. The molecule has 18 heavy (non-hydrogen) atoms.